The summed E-state index contributed by atoms with van der Waals surface area (Å²) in [7, 11) is -1.91. The van der Waals surface area contributed by atoms with E-state index < -0.39 is 10.0 Å². The van der Waals surface area contributed by atoms with E-state index in [-0.39, 0.29) is 17.9 Å². The number of sulfonamides is 1. The van der Waals surface area contributed by atoms with Gasteiger partial charge in [-0.2, -0.15) is 0 Å². The summed E-state index contributed by atoms with van der Waals surface area (Å²) in [6.07, 6.45) is 1.12. The summed E-state index contributed by atoms with van der Waals surface area (Å²) in [5.41, 5.74) is 1.89. The minimum atomic E-state index is -3.37. The first kappa shape index (κ1) is 20.8. The van der Waals surface area contributed by atoms with Crippen molar-refractivity contribution in [2.24, 2.45) is 0 Å². The zero-order valence-electron chi connectivity index (χ0n) is 16.3. The van der Waals surface area contributed by atoms with Gasteiger partial charge >= 0.3 is 0 Å². The zero-order chi connectivity index (χ0) is 20.2. The van der Waals surface area contributed by atoms with Gasteiger partial charge < -0.3 is 10.1 Å². The van der Waals surface area contributed by atoms with E-state index in [1.54, 1.807) is 24.3 Å². The van der Waals surface area contributed by atoms with E-state index >= 15 is 0 Å². The molecule has 0 aromatic heterocycles. The summed E-state index contributed by atoms with van der Waals surface area (Å²) in [4.78, 5) is 12.3. The van der Waals surface area contributed by atoms with Gasteiger partial charge in [-0.3, -0.25) is 9.10 Å². The molecular weight excluding hydrogens is 364 g/mol. The van der Waals surface area contributed by atoms with Crippen LogP contribution in [0.1, 0.15) is 26.3 Å². The van der Waals surface area contributed by atoms with E-state index in [4.69, 9.17) is 4.74 Å². The number of rotatable bonds is 6. The quantitative estimate of drug-likeness (QED) is 0.820. The summed E-state index contributed by atoms with van der Waals surface area (Å²) >= 11 is 0. The van der Waals surface area contributed by atoms with Crippen LogP contribution >= 0.6 is 0 Å². The predicted octanol–water partition coefficient (Wildman–Crippen LogP) is 3.40. The highest BCUT2D eigenvalue weighted by molar-refractivity contribution is 7.92. The van der Waals surface area contributed by atoms with Gasteiger partial charge in [-0.15, -0.1) is 0 Å². The molecule has 0 radical (unpaired) electrons. The third kappa shape index (κ3) is 5.72. The normalized spacial score (nSPS) is 11.7. The molecular formula is C20H26N2O4S. The SMILES string of the molecule is CN(c1cccc(NC(=O)COc2ccccc2C(C)(C)C)c1)S(C)(=O)=O. The van der Waals surface area contributed by atoms with Gasteiger partial charge in [-0.05, 0) is 35.2 Å². The van der Waals surface area contributed by atoms with Gasteiger partial charge in [0.1, 0.15) is 5.75 Å². The van der Waals surface area contributed by atoms with Crippen molar-refractivity contribution in [3.63, 3.8) is 0 Å². The van der Waals surface area contributed by atoms with Crippen LogP contribution in [-0.2, 0) is 20.2 Å². The molecule has 2 aromatic rings. The molecule has 2 aromatic carbocycles. The maximum atomic E-state index is 12.3. The van der Waals surface area contributed by atoms with E-state index in [0.29, 0.717) is 17.1 Å². The summed E-state index contributed by atoms with van der Waals surface area (Å²) in [5.74, 6) is 0.351. The molecule has 0 bridgehead atoms. The minimum Gasteiger partial charge on any atom is -0.483 e. The number of para-hydroxylation sites is 1. The summed E-state index contributed by atoms with van der Waals surface area (Å²) in [6, 6.07) is 14.3. The Morgan fingerprint density at radius 1 is 1.11 bits per heavy atom. The van der Waals surface area contributed by atoms with Crippen LogP contribution in [0.2, 0.25) is 0 Å². The summed E-state index contributed by atoms with van der Waals surface area (Å²) in [6.45, 7) is 6.11. The molecule has 146 valence electrons. The standard InChI is InChI=1S/C20H26N2O4S/c1-20(2,3)17-11-6-7-12-18(17)26-14-19(23)21-15-9-8-10-16(13-15)22(4)27(5,24)25/h6-13H,14H2,1-5H3,(H,21,23). The van der Waals surface area contributed by atoms with E-state index in [9.17, 15) is 13.2 Å². The number of nitrogens with one attached hydrogen (secondary N) is 1. The molecule has 0 saturated carbocycles. The van der Waals surface area contributed by atoms with Gasteiger partial charge in [0.2, 0.25) is 10.0 Å². The first-order valence-corrected chi connectivity index (χ1v) is 10.4. The third-order valence-electron chi connectivity index (χ3n) is 4.04. The fourth-order valence-corrected chi connectivity index (χ4v) is 3.02. The number of hydrogen-bond acceptors (Lipinski definition) is 4. The Morgan fingerprint density at radius 3 is 2.41 bits per heavy atom. The van der Waals surface area contributed by atoms with E-state index in [2.05, 4.69) is 26.1 Å². The molecule has 0 heterocycles. The molecule has 1 N–H and O–H groups in total. The van der Waals surface area contributed by atoms with Gasteiger partial charge in [0.05, 0.1) is 11.9 Å². The highest BCUT2D eigenvalue weighted by atomic mass is 32.2. The largest absolute Gasteiger partial charge is 0.483 e. The van der Waals surface area contributed by atoms with Crippen molar-refractivity contribution in [1.29, 1.82) is 0 Å². The highest BCUT2D eigenvalue weighted by Gasteiger charge is 2.19. The van der Waals surface area contributed by atoms with Gasteiger partial charge in [0, 0.05) is 12.7 Å². The number of hydrogen-bond donors (Lipinski definition) is 1. The Balaban J connectivity index is 2.06. The van der Waals surface area contributed by atoms with Crippen molar-refractivity contribution < 1.29 is 17.9 Å². The smallest absolute Gasteiger partial charge is 0.262 e. The molecule has 27 heavy (non-hydrogen) atoms. The molecule has 0 atom stereocenters. The number of carbonyl (C=O) groups excluding carboxylic acids is 1. The molecule has 0 aliphatic carbocycles. The number of nitrogens with zero attached hydrogens (tertiary/aromatic N) is 1. The van der Waals surface area contributed by atoms with Gasteiger partial charge in [-0.25, -0.2) is 8.42 Å². The second-order valence-corrected chi connectivity index (χ2v) is 9.38. The van der Waals surface area contributed by atoms with Gasteiger partial charge in [0.15, 0.2) is 6.61 Å². The van der Waals surface area contributed by atoms with Crippen LogP contribution in [0.25, 0.3) is 0 Å². The predicted molar refractivity (Wildman–Crippen MR) is 109 cm³/mol. The van der Waals surface area contributed by atoms with Crippen LogP contribution in [0.15, 0.2) is 48.5 Å². The number of carbonyl (C=O) groups is 1. The second kappa shape index (κ2) is 8.00. The molecule has 0 aliphatic heterocycles. The van der Waals surface area contributed by atoms with E-state index in [1.807, 2.05) is 24.3 Å². The summed E-state index contributed by atoms with van der Waals surface area (Å²) < 4.78 is 30.2. The van der Waals surface area contributed by atoms with Crippen LogP contribution in [0, 0.1) is 0 Å². The Labute approximate surface area is 161 Å². The van der Waals surface area contributed by atoms with Crippen molar-refractivity contribution in [2.45, 2.75) is 26.2 Å². The molecule has 0 saturated heterocycles. The van der Waals surface area contributed by atoms with Crippen LogP contribution in [0.4, 0.5) is 11.4 Å². The maximum Gasteiger partial charge on any atom is 0.262 e. The molecule has 0 fully saturated rings. The van der Waals surface area contributed by atoms with Crippen LogP contribution in [0.5, 0.6) is 5.75 Å². The zero-order valence-corrected chi connectivity index (χ0v) is 17.1. The van der Waals surface area contributed by atoms with Crippen molar-refractivity contribution in [2.75, 3.05) is 29.5 Å². The van der Waals surface area contributed by atoms with Gasteiger partial charge in [0.25, 0.3) is 5.91 Å². The molecule has 7 heteroatoms. The average Bonchev–Trinajstić information content (AvgIpc) is 2.58. The topological polar surface area (TPSA) is 75.7 Å². The van der Waals surface area contributed by atoms with Crippen molar-refractivity contribution in [3.05, 3.63) is 54.1 Å². The lowest BCUT2D eigenvalue weighted by atomic mass is 9.86. The highest BCUT2D eigenvalue weighted by Crippen LogP contribution is 2.30. The lowest BCUT2D eigenvalue weighted by Crippen LogP contribution is -2.25. The maximum absolute atomic E-state index is 12.3. The number of benzene rings is 2. The van der Waals surface area contributed by atoms with Crippen LogP contribution < -0.4 is 14.4 Å². The van der Waals surface area contributed by atoms with Crippen molar-refractivity contribution in [3.8, 4) is 5.75 Å². The number of anilines is 2. The Morgan fingerprint density at radius 2 is 1.78 bits per heavy atom. The molecule has 1 amide bonds. The Bertz CT molecular complexity index is 918. The molecule has 0 spiro atoms. The third-order valence-corrected chi connectivity index (χ3v) is 5.25. The fraction of sp³-hybridized carbons (Fsp3) is 0.350. The average molecular weight is 391 g/mol. The van der Waals surface area contributed by atoms with E-state index in [0.717, 1.165) is 16.1 Å². The molecule has 0 unspecified atom stereocenters. The lowest BCUT2D eigenvalue weighted by molar-refractivity contribution is -0.118. The lowest BCUT2D eigenvalue weighted by Gasteiger charge is -2.22. The Kier molecular flexibility index (Phi) is 6.15. The summed E-state index contributed by atoms with van der Waals surface area (Å²) in [5, 5.41) is 2.73. The number of amides is 1. The van der Waals surface area contributed by atoms with Crippen molar-refractivity contribution in [1.82, 2.24) is 0 Å². The second-order valence-electron chi connectivity index (χ2n) is 7.36. The Hall–Kier alpha value is -2.54. The van der Waals surface area contributed by atoms with Gasteiger partial charge in [-0.1, -0.05) is 45.0 Å². The van der Waals surface area contributed by atoms with Crippen LogP contribution in [0.3, 0.4) is 0 Å². The van der Waals surface area contributed by atoms with E-state index in [1.165, 1.54) is 7.05 Å². The molecule has 6 nitrogen and oxygen atoms in total. The monoisotopic (exact) mass is 390 g/mol. The molecule has 0 aliphatic rings. The fourth-order valence-electron chi connectivity index (χ4n) is 2.52. The first-order valence-electron chi connectivity index (χ1n) is 8.54. The molecule has 2 rings (SSSR count). The minimum absolute atomic E-state index is 0.0996. The first-order chi connectivity index (χ1) is 12.5. The van der Waals surface area contributed by atoms with Crippen LogP contribution in [-0.4, -0.2) is 34.2 Å². The van der Waals surface area contributed by atoms with Crippen molar-refractivity contribution >= 4 is 27.3 Å². The number of ether oxygens (including phenoxy) is 1.